The molecule has 9 unspecified atom stereocenters. The number of Topliss-reactive ketones (excluding diaryl/α,β-unsaturated/α-hetero) is 1. The molecule has 278 valence electrons. The van der Waals surface area contributed by atoms with Gasteiger partial charge >= 0.3 is 0 Å². The first-order valence-corrected chi connectivity index (χ1v) is 19.7. The Morgan fingerprint density at radius 2 is 1.47 bits per heavy atom. The van der Waals surface area contributed by atoms with E-state index in [2.05, 4.69) is 37.0 Å². The zero-order chi connectivity index (χ0) is 37.0. The minimum absolute atomic E-state index is 0.0827. The van der Waals surface area contributed by atoms with Crippen LogP contribution in [0.4, 0.5) is 8.78 Å². The van der Waals surface area contributed by atoms with Crippen LogP contribution < -0.4 is 0 Å². The fourth-order valence-electron chi connectivity index (χ4n) is 13.2. The molecule has 53 heavy (non-hydrogen) atoms. The van der Waals surface area contributed by atoms with Crippen molar-refractivity contribution in [1.82, 2.24) is 4.90 Å². The number of carbonyl (C=O) groups excluding carboxylic acids is 1. The molecule has 7 aliphatic rings. The van der Waals surface area contributed by atoms with Gasteiger partial charge in [-0.25, -0.2) is 8.78 Å². The highest BCUT2D eigenvalue weighted by atomic mass is 19.2. The first-order valence-electron chi connectivity index (χ1n) is 19.7. The highest BCUT2D eigenvalue weighted by Crippen LogP contribution is 2.78. The van der Waals surface area contributed by atoms with E-state index in [1.165, 1.54) is 6.07 Å². The Balaban J connectivity index is 1.12. The Kier molecular flexibility index (Phi) is 7.98. The molecule has 1 saturated heterocycles. The standard InChI is InChI=1S/C46H51F2NO4/c1-41-20-17-33(50)27-43(41)23-24-45(34(28-43)40(51)30-15-16-35(47)36(48)26-30)37(41)18-21-42(2)38(45)19-22-44(42,52)29-49-25-9-14-39(49)46(53,31-10-5-3-6-11-31)32-12-7-4-8-13-32/h3-8,10-13,15-16,23-24,26,28,33,37-39,50,52-53H,9,14,17-22,25,27,29H2,1-2H3. The van der Waals surface area contributed by atoms with E-state index in [-0.39, 0.29) is 34.6 Å². The number of allylic oxidation sites excluding steroid dienone is 4. The van der Waals surface area contributed by atoms with Crippen LogP contribution in [-0.4, -0.2) is 56.8 Å². The van der Waals surface area contributed by atoms with Gasteiger partial charge in [0.1, 0.15) is 5.60 Å². The van der Waals surface area contributed by atoms with Crippen molar-refractivity contribution in [3.8, 4) is 0 Å². The number of hydrogen-bond acceptors (Lipinski definition) is 5. The van der Waals surface area contributed by atoms with E-state index in [0.29, 0.717) is 37.8 Å². The summed E-state index contributed by atoms with van der Waals surface area (Å²) in [5, 5.41) is 37.1. The molecule has 2 spiro atoms. The average Bonchev–Trinajstić information content (AvgIpc) is 3.74. The van der Waals surface area contributed by atoms with Crippen LogP contribution in [0.1, 0.15) is 93.1 Å². The fourth-order valence-corrected chi connectivity index (χ4v) is 13.2. The van der Waals surface area contributed by atoms with E-state index in [1.54, 1.807) is 0 Å². The largest absolute Gasteiger partial charge is 0.393 e. The average molecular weight is 720 g/mol. The van der Waals surface area contributed by atoms with E-state index in [9.17, 15) is 28.9 Å². The number of aliphatic hydroxyl groups is 3. The molecular formula is C46H51F2NO4. The first-order chi connectivity index (χ1) is 25.3. The van der Waals surface area contributed by atoms with Crippen LogP contribution in [0.25, 0.3) is 0 Å². The predicted molar refractivity (Wildman–Crippen MR) is 200 cm³/mol. The van der Waals surface area contributed by atoms with Crippen molar-refractivity contribution in [1.29, 1.82) is 0 Å². The van der Waals surface area contributed by atoms with E-state index >= 15 is 0 Å². The summed E-state index contributed by atoms with van der Waals surface area (Å²) >= 11 is 0. The topological polar surface area (TPSA) is 81.0 Å². The third-order valence-corrected chi connectivity index (χ3v) is 15.9. The van der Waals surface area contributed by atoms with Crippen molar-refractivity contribution in [2.45, 2.75) is 95.0 Å². The summed E-state index contributed by atoms with van der Waals surface area (Å²) < 4.78 is 28.8. The van der Waals surface area contributed by atoms with Gasteiger partial charge in [0.2, 0.25) is 0 Å². The Morgan fingerprint density at radius 1 is 0.830 bits per heavy atom. The van der Waals surface area contributed by atoms with Gasteiger partial charge in [0.05, 0.1) is 11.7 Å². The van der Waals surface area contributed by atoms with E-state index < -0.39 is 45.2 Å². The molecule has 9 atom stereocenters. The third-order valence-electron chi connectivity index (χ3n) is 15.9. The van der Waals surface area contributed by atoms with Gasteiger partial charge in [-0.15, -0.1) is 0 Å². The monoisotopic (exact) mass is 719 g/mol. The van der Waals surface area contributed by atoms with Crippen molar-refractivity contribution in [3.63, 3.8) is 0 Å². The minimum atomic E-state index is -1.28. The van der Waals surface area contributed by atoms with Crippen molar-refractivity contribution >= 4 is 5.78 Å². The Labute approximate surface area is 311 Å². The van der Waals surface area contributed by atoms with Crippen molar-refractivity contribution in [2.75, 3.05) is 13.1 Å². The molecule has 3 aromatic carbocycles. The van der Waals surface area contributed by atoms with Gasteiger partial charge in [-0.2, -0.15) is 0 Å². The molecule has 3 N–H and O–H groups in total. The maximum Gasteiger partial charge on any atom is 0.189 e. The van der Waals surface area contributed by atoms with E-state index in [0.717, 1.165) is 61.9 Å². The quantitative estimate of drug-likeness (QED) is 0.170. The summed E-state index contributed by atoms with van der Waals surface area (Å²) in [7, 11) is 0. The van der Waals surface area contributed by atoms with Crippen LogP contribution in [0.15, 0.2) is 103 Å². The SMILES string of the molecule is CC12CCC(O)CC13C=CC1(C(C(=O)c4ccc(F)c(F)c4)=C3)C2CCC2(C)C1CCC2(O)CN1CCCC1C(O)(c1ccccc1)c1ccccc1. The van der Waals surface area contributed by atoms with Crippen molar-refractivity contribution < 1.29 is 28.9 Å². The molecule has 0 aromatic heterocycles. The molecule has 0 amide bonds. The molecule has 7 heteroatoms. The predicted octanol–water partition coefficient (Wildman–Crippen LogP) is 8.14. The van der Waals surface area contributed by atoms with Crippen LogP contribution in [0.2, 0.25) is 0 Å². The molecule has 1 aliphatic heterocycles. The summed E-state index contributed by atoms with van der Waals surface area (Å²) in [6.07, 6.45) is 12.7. The Morgan fingerprint density at radius 3 is 2.15 bits per heavy atom. The van der Waals surface area contributed by atoms with Gasteiger partial charge in [-0.05, 0) is 111 Å². The number of carbonyl (C=O) groups is 1. The summed E-state index contributed by atoms with van der Waals surface area (Å²) in [5.41, 5.74) is -1.99. The summed E-state index contributed by atoms with van der Waals surface area (Å²) in [6, 6.07) is 22.9. The Bertz CT molecular complexity index is 1960. The van der Waals surface area contributed by atoms with Crippen molar-refractivity contribution in [3.05, 3.63) is 131 Å². The highest BCUT2D eigenvalue weighted by Gasteiger charge is 2.74. The summed E-state index contributed by atoms with van der Waals surface area (Å²) in [6.45, 7) is 5.72. The summed E-state index contributed by atoms with van der Waals surface area (Å²) in [5.74, 6) is -2.33. The van der Waals surface area contributed by atoms with Crippen LogP contribution in [-0.2, 0) is 5.60 Å². The number of aliphatic hydroxyl groups excluding tert-OH is 1. The molecule has 0 radical (unpaired) electrons. The summed E-state index contributed by atoms with van der Waals surface area (Å²) in [4.78, 5) is 17.1. The van der Waals surface area contributed by atoms with Gasteiger partial charge in [0.25, 0.3) is 0 Å². The van der Waals surface area contributed by atoms with Crippen molar-refractivity contribution in [2.24, 2.45) is 33.5 Å². The lowest BCUT2D eigenvalue weighted by Crippen LogP contribution is -2.67. The number of β-amino-alcohol motifs (C(OH)–C–C–N with tert-alkyl or cyclic N) is 1. The first kappa shape index (κ1) is 35.2. The second kappa shape index (κ2) is 12.0. The number of hydrogen-bond donors (Lipinski definition) is 3. The number of benzene rings is 3. The second-order valence-corrected chi connectivity index (χ2v) is 17.9. The van der Waals surface area contributed by atoms with Gasteiger partial charge < -0.3 is 15.3 Å². The normalized spacial score (nSPS) is 39.0. The molecular weight excluding hydrogens is 669 g/mol. The number of halogens is 2. The Hall–Kier alpha value is -3.49. The molecule has 3 aromatic rings. The zero-order valence-electron chi connectivity index (χ0n) is 30.8. The highest BCUT2D eigenvalue weighted by molar-refractivity contribution is 6.10. The smallest absolute Gasteiger partial charge is 0.189 e. The van der Waals surface area contributed by atoms with Gasteiger partial charge in [-0.1, -0.05) is 92.7 Å². The number of likely N-dealkylation sites (tertiary alicyclic amines) is 1. The molecule has 3 saturated carbocycles. The van der Waals surface area contributed by atoms with Crippen LogP contribution in [0, 0.1) is 45.1 Å². The van der Waals surface area contributed by atoms with Crippen LogP contribution in [0.5, 0.6) is 0 Å². The van der Waals surface area contributed by atoms with Gasteiger partial charge in [-0.3, -0.25) is 9.69 Å². The number of ketones is 1. The molecule has 10 rings (SSSR count). The lowest BCUT2D eigenvalue weighted by molar-refractivity contribution is -0.178. The molecule has 6 aliphatic carbocycles. The lowest BCUT2D eigenvalue weighted by Gasteiger charge is -2.71. The lowest BCUT2D eigenvalue weighted by atomic mass is 9.32. The maximum absolute atomic E-state index is 14.8. The number of fused-ring (bicyclic) bond motifs is 1. The van der Waals surface area contributed by atoms with Gasteiger partial charge in [0, 0.05) is 40.0 Å². The van der Waals surface area contributed by atoms with Gasteiger partial charge in [0.15, 0.2) is 17.4 Å². The fraction of sp³-hybridized carbons (Fsp3) is 0.500. The minimum Gasteiger partial charge on any atom is -0.393 e. The molecule has 4 fully saturated rings. The zero-order valence-corrected chi connectivity index (χ0v) is 30.8. The molecule has 1 heterocycles. The maximum atomic E-state index is 14.8. The van der Waals surface area contributed by atoms with Crippen LogP contribution >= 0.6 is 0 Å². The second-order valence-electron chi connectivity index (χ2n) is 17.9. The number of rotatable bonds is 7. The molecule has 2 bridgehead atoms. The van der Waals surface area contributed by atoms with E-state index in [1.807, 2.05) is 60.7 Å². The third kappa shape index (κ3) is 4.69. The van der Waals surface area contributed by atoms with E-state index in [4.69, 9.17) is 0 Å². The van der Waals surface area contributed by atoms with Crippen LogP contribution in [0.3, 0.4) is 0 Å². The number of nitrogens with zero attached hydrogens (tertiary/aromatic N) is 1. The molecule has 5 nitrogen and oxygen atoms in total.